The topological polar surface area (TPSA) is 53.2 Å². The van der Waals surface area contributed by atoms with Crippen LogP contribution in [0.15, 0.2) is 35.2 Å². The lowest BCUT2D eigenvalue weighted by atomic mass is 9.78. The fourth-order valence-electron chi connectivity index (χ4n) is 2.97. The highest BCUT2D eigenvalue weighted by atomic mass is 32.2. The first-order chi connectivity index (χ1) is 11.5. The molecule has 6 heteroatoms. The molecule has 0 unspecified atom stereocenters. The zero-order valence-corrected chi connectivity index (χ0v) is 16.2. The predicted octanol–water partition coefficient (Wildman–Crippen LogP) is 3.49. The molecule has 4 nitrogen and oxygen atoms in total. The molecule has 3 N–H and O–H groups in total. The number of thioether (sulfide) groups is 1. The molecule has 1 aromatic carbocycles. The first kappa shape index (κ1) is 19.1. The third kappa shape index (κ3) is 5.67. The van der Waals surface area contributed by atoms with Crippen molar-refractivity contribution in [2.75, 3.05) is 0 Å². The van der Waals surface area contributed by atoms with Crippen LogP contribution >= 0.6 is 24.0 Å². The number of carbonyl (C=O) groups is 1. The molecule has 0 spiro atoms. The van der Waals surface area contributed by atoms with Gasteiger partial charge in [-0.05, 0) is 49.5 Å². The third-order valence-electron chi connectivity index (χ3n) is 4.75. The normalized spacial score (nSPS) is 24.7. The number of hydrogen-bond acceptors (Lipinski definition) is 3. The molecule has 2 rings (SSSR count). The van der Waals surface area contributed by atoms with E-state index in [9.17, 15) is 4.79 Å². The SMILES string of the molecule is C[C@@H]1[C@H](C)CCC[C@H]1NC(=S)NNC(=O)[C@@H](C)Sc1ccccc1. The third-order valence-corrected chi connectivity index (χ3v) is 6.08. The van der Waals surface area contributed by atoms with Crippen LogP contribution in [0.3, 0.4) is 0 Å². The monoisotopic (exact) mass is 365 g/mol. The van der Waals surface area contributed by atoms with Gasteiger partial charge in [-0.3, -0.25) is 15.6 Å². The Balaban J connectivity index is 1.73. The summed E-state index contributed by atoms with van der Waals surface area (Å²) in [4.78, 5) is 13.3. The Morgan fingerprint density at radius 2 is 1.92 bits per heavy atom. The number of nitrogens with one attached hydrogen (secondary N) is 3. The van der Waals surface area contributed by atoms with Gasteiger partial charge in [-0.15, -0.1) is 11.8 Å². The van der Waals surface area contributed by atoms with E-state index in [2.05, 4.69) is 30.0 Å². The molecule has 0 saturated heterocycles. The number of hydrazine groups is 1. The van der Waals surface area contributed by atoms with Crippen molar-refractivity contribution in [3.63, 3.8) is 0 Å². The minimum atomic E-state index is -0.198. The molecule has 1 fully saturated rings. The molecular formula is C18H27N3OS2. The summed E-state index contributed by atoms with van der Waals surface area (Å²) in [6.45, 7) is 6.44. The number of amides is 1. The summed E-state index contributed by atoms with van der Waals surface area (Å²) in [6, 6.07) is 10.3. The Hall–Kier alpha value is -1.27. The summed E-state index contributed by atoms with van der Waals surface area (Å²) in [7, 11) is 0. The molecule has 1 aliphatic rings. The Morgan fingerprint density at radius 3 is 2.62 bits per heavy atom. The zero-order valence-electron chi connectivity index (χ0n) is 14.5. The average molecular weight is 366 g/mol. The van der Waals surface area contributed by atoms with E-state index in [1.165, 1.54) is 24.6 Å². The van der Waals surface area contributed by atoms with Gasteiger partial charge in [0.1, 0.15) is 0 Å². The van der Waals surface area contributed by atoms with Crippen LogP contribution in [-0.2, 0) is 4.79 Å². The molecule has 0 bridgehead atoms. The van der Waals surface area contributed by atoms with Crippen molar-refractivity contribution in [3.8, 4) is 0 Å². The summed E-state index contributed by atoms with van der Waals surface area (Å²) in [5, 5.41) is 3.64. The molecule has 0 heterocycles. The molecule has 1 aliphatic carbocycles. The van der Waals surface area contributed by atoms with Crippen molar-refractivity contribution in [1.82, 2.24) is 16.2 Å². The largest absolute Gasteiger partial charge is 0.358 e. The summed E-state index contributed by atoms with van der Waals surface area (Å²) in [5.41, 5.74) is 5.54. The Morgan fingerprint density at radius 1 is 1.21 bits per heavy atom. The molecule has 1 aromatic rings. The summed E-state index contributed by atoms with van der Waals surface area (Å²) < 4.78 is 0. The van der Waals surface area contributed by atoms with Gasteiger partial charge in [0.15, 0.2) is 5.11 Å². The molecule has 132 valence electrons. The van der Waals surface area contributed by atoms with Crippen molar-refractivity contribution in [3.05, 3.63) is 30.3 Å². The zero-order chi connectivity index (χ0) is 17.5. The second-order valence-electron chi connectivity index (χ2n) is 6.53. The van der Waals surface area contributed by atoms with Crippen LogP contribution in [0.4, 0.5) is 0 Å². The molecule has 0 radical (unpaired) electrons. The van der Waals surface area contributed by atoms with Gasteiger partial charge in [-0.2, -0.15) is 0 Å². The maximum absolute atomic E-state index is 12.2. The molecule has 1 amide bonds. The van der Waals surface area contributed by atoms with Gasteiger partial charge in [0.2, 0.25) is 0 Å². The highest BCUT2D eigenvalue weighted by molar-refractivity contribution is 8.00. The average Bonchev–Trinajstić information content (AvgIpc) is 2.57. The van der Waals surface area contributed by atoms with Gasteiger partial charge in [0, 0.05) is 10.9 Å². The van der Waals surface area contributed by atoms with Crippen molar-refractivity contribution in [2.24, 2.45) is 11.8 Å². The summed E-state index contributed by atoms with van der Waals surface area (Å²) in [5.74, 6) is 1.20. The maximum atomic E-state index is 12.2. The predicted molar refractivity (Wildman–Crippen MR) is 105 cm³/mol. The number of rotatable bonds is 4. The number of hydrogen-bond donors (Lipinski definition) is 3. The van der Waals surface area contributed by atoms with Crippen molar-refractivity contribution in [1.29, 1.82) is 0 Å². The molecule has 0 aromatic heterocycles. The fourth-order valence-corrected chi connectivity index (χ4v) is 4.06. The van der Waals surface area contributed by atoms with Crippen LogP contribution < -0.4 is 16.2 Å². The van der Waals surface area contributed by atoms with Crippen LogP contribution in [0, 0.1) is 11.8 Å². The molecule has 24 heavy (non-hydrogen) atoms. The first-order valence-corrected chi connectivity index (χ1v) is 9.84. The number of carbonyl (C=O) groups excluding carboxylic acids is 1. The highest BCUT2D eigenvalue weighted by Gasteiger charge is 2.27. The van der Waals surface area contributed by atoms with E-state index in [4.69, 9.17) is 12.2 Å². The molecule has 1 saturated carbocycles. The standard InChI is InChI=1S/C18H27N3OS2/c1-12-8-7-11-16(13(12)2)19-18(23)21-20-17(22)14(3)24-15-9-5-4-6-10-15/h4-6,9-10,12-14,16H,7-8,11H2,1-3H3,(H,20,22)(H2,19,21,23)/t12-,13-,14-,16-/m1/s1. The molecule has 4 atom stereocenters. The summed E-state index contributed by atoms with van der Waals surface area (Å²) in [6.07, 6.45) is 3.63. The number of benzene rings is 1. The van der Waals surface area contributed by atoms with E-state index in [0.29, 0.717) is 23.0 Å². The minimum absolute atomic E-state index is 0.0851. The lowest BCUT2D eigenvalue weighted by Crippen LogP contribution is -2.53. The smallest absolute Gasteiger partial charge is 0.251 e. The highest BCUT2D eigenvalue weighted by Crippen LogP contribution is 2.29. The fraction of sp³-hybridized carbons (Fsp3) is 0.556. The Bertz CT molecular complexity index is 552. The van der Waals surface area contributed by atoms with E-state index in [0.717, 1.165) is 11.3 Å². The van der Waals surface area contributed by atoms with E-state index in [1.807, 2.05) is 37.3 Å². The molecule has 0 aliphatic heterocycles. The maximum Gasteiger partial charge on any atom is 0.251 e. The van der Waals surface area contributed by atoms with Crippen molar-refractivity contribution in [2.45, 2.75) is 56.2 Å². The second-order valence-corrected chi connectivity index (χ2v) is 8.36. The van der Waals surface area contributed by atoms with Gasteiger partial charge >= 0.3 is 0 Å². The Kier molecular flexibility index (Phi) is 7.37. The van der Waals surface area contributed by atoms with Gasteiger partial charge < -0.3 is 5.32 Å². The quantitative estimate of drug-likeness (QED) is 0.433. The number of thiocarbonyl (C=S) groups is 1. The lowest BCUT2D eigenvalue weighted by Gasteiger charge is -2.35. The first-order valence-electron chi connectivity index (χ1n) is 8.55. The van der Waals surface area contributed by atoms with Gasteiger partial charge in [-0.1, -0.05) is 44.9 Å². The molecular weight excluding hydrogens is 338 g/mol. The van der Waals surface area contributed by atoms with Gasteiger partial charge in [0.25, 0.3) is 5.91 Å². The van der Waals surface area contributed by atoms with Crippen LogP contribution in [0.5, 0.6) is 0 Å². The lowest BCUT2D eigenvalue weighted by molar-refractivity contribution is -0.120. The van der Waals surface area contributed by atoms with E-state index < -0.39 is 0 Å². The van der Waals surface area contributed by atoms with Crippen molar-refractivity contribution >= 4 is 35.0 Å². The minimum Gasteiger partial charge on any atom is -0.358 e. The second kappa shape index (κ2) is 9.28. The van der Waals surface area contributed by atoms with Gasteiger partial charge in [0.05, 0.1) is 5.25 Å². The Labute approximate surface area is 154 Å². The van der Waals surface area contributed by atoms with Crippen LogP contribution in [0.25, 0.3) is 0 Å². The van der Waals surface area contributed by atoms with Gasteiger partial charge in [-0.25, -0.2) is 0 Å². The van der Waals surface area contributed by atoms with Crippen LogP contribution in [-0.4, -0.2) is 22.3 Å². The van der Waals surface area contributed by atoms with E-state index in [1.54, 1.807) is 0 Å². The van der Waals surface area contributed by atoms with E-state index >= 15 is 0 Å². The van der Waals surface area contributed by atoms with E-state index in [-0.39, 0.29) is 11.2 Å². The van der Waals surface area contributed by atoms with Crippen LogP contribution in [0.2, 0.25) is 0 Å². The summed E-state index contributed by atoms with van der Waals surface area (Å²) >= 11 is 6.84. The van der Waals surface area contributed by atoms with Crippen LogP contribution in [0.1, 0.15) is 40.0 Å². The van der Waals surface area contributed by atoms with Crippen molar-refractivity contribution < 1.29 is 4.79 Å².